The van der Waals surface area contributed by atoms with Gasteiger partial charge in [-0.05, 0) is 133 Å². The topological polar surface area (TPSA) is 8.17 Å². The molecule has 1 heterocycles. The van der Waals surface area contributed by atoms with E-state index in [1.807, 2.05) is 0 Å². The summed E-state index contributed by atoms with van der Waals surface area (Å²) in [6.45, 7) is 4.78. The van der Waals surface area contributed by atoms with Crippen LogP contribution in [0.25, 0.3) is 83.1 Å². The summed E-state index contributed by atoms with van der Waals surface area (Å²) < 4.78 is 2.43. The first-order valence-corrected chi connectivity index (χ1v) is 22.6. The van der Waals surface area contributed by atoms with Gasteiger partial charge in [0.2, 0.25) is 0 Å². The van der Waals surface area contributed by atoms with E-state index in [2.05, 4.69) is 266 Å². The molecular formula is C63H46N2. The predicted octanol–water partition coefficient (Wildman–Crippen LogP) is 17.2. The molecule has 0 saturated heterocycles. The molecule has 0 radical (unpaired) electrons. The van der Waals surface area contributed by atoms with Crippen molar-refractivity contribution >= 4 is 38.9 Å². The monoisotopic (exact) mass is 830 g/mol. The largest absolute Gasteiger partial charge is 0.310 e. The number of aromatic nitrogens is 1. The van der Waals surface area contributed by atoms with E-state index in [0.29, 0.717) is 0 Å². The smallest absolute Gasteiger partial charge is 0.0541 e. The number of para-hydroxylation sites is 2. The highest BCUT2D eigenvalue weighted by Gasteiger charge is 2.36. The van der Waals surface area contributed by atoms with E-state index in [1.165, 1.54) is 94.3 Å². The maximum absolute atomic E-state index is 2.44. The van der Waals surface area contributed by atoms with Crippen LogP contribution >= 0.6 is 0 Å². The van der Waals surface area contributed by atoms with E-state index in [0.717, 1.165) is 17.1 Å². The molecule has 2 nitrogen and oxygen atoms in total. The van der Waals surface area contributed by atoms with Crippen molar-refractivity contribution in [2.45, 2.75) is 19.3 Å². The first-order chi connectivity index (χ1) is 32.0. The average Bonchev–Trinajstić information content (AvgIpc) is 3.82. The van der Waals surface area contributed by atoms with Gasteiger partial charge in [0.15, 0.2) is 0 Å². The maximum atomic E-state index is 2.44. The van der Waals surface area contributed by atoms with Gasteiger partial charge in [0.1, 0.15) is 0 Å². The van der Waals surface area contributed by atoms with Crippen LogP contribution in [0, 0.1) is 0 Å². The highest BCUT2D eigenvalue weighted by molar-refractivity contribution is 6.09. The van der Waals surface area contributed by atoms with Crippen molar-refractivity contribution in [3.05, 3.63) is 254 Å². The summed E-state index contributed by atoms with van der Waals surface area (Å²) in [4.78, 5) is 2.42. The summed E-state index contributed by atoms with van der Waals surface area (Å²) in [6, 6.07) is 88.7. The minimum atomic E-state index is -0.236. The minimum Gasteiger partial charge on any atom is -0.310 e. The van der Waals surface area contributed by atoms with Gasteiger partial charge in [-0.3, -0.25) is 0 Å². The lowest BCUT2D eigenvalue weighted by Gasteiger charge is -2.28. The van der Waals surface area contributed by atoms with E-state index in [1.54, 1.807) is 0 Å². The Hall–Kier alpha value is -8.20. The number of anilines is 3. The Balaban J connectivity index is 0.951. The molecule has 308 valence electrons. The van der Waals surface area contributed by atoms with Gasteiger partial charge in [-0.1, -0.05) is 190 Å². The summed E-state index contributed by atoms with van der Waals surface area (Å²) >= 11 is 0. The molecule has 0 fully saturated rings. The predicted molar refractivity (Wildman–Crippen MR) is 275 cm³/mol. The van der Waals surface area contributed by atoms with Crippen LogP contribution in [-0.4, -0.2) is 4.57 Å². The van der Waals surface area contributed by atoms with Crippen molar-refractivity contribution in [3.8, 4) is 61.3 Å². The first kappa shape index (κ1) is 38.5. The number of benzene rings is 10. The summed E-state index contributed by atoms with van der Waals surface area (Å²) in [5.41, 5.74) is 21.7. The Morgan fingerprint density at radius 2 is 0.738 bits per heavy atom. The van der Waals surface area contributed by atoms with Crippen LogP contribution in [0.2, 0.25) is 0 Å². The SMILES string of the molecule is CC1(C)c2cc(N(c3ccc(-c4cccc(-c5ccccc5)c4)cc3)c3ccc(-c4ccccc4-c4ccccc4)cc3)ccc2-c2ccc(-n3c4ccccc4c4ccccc43)cc21. The number of rotatable bonds is 8. The molecule has 2 heteroatoms. The highest BCUT2D eigenvalue weighted by Crippen LogP contribution is 2.52. The Bertz CT molecular complexity index is 3490. The standard InChI is InChI=1S/C63H46N2/c1-63(2)59-41-51(36-38-55(59)56-39-37-52(42-60(56)63)65-61-26-13-11-24-57(61)58-25-12-14-27-62(58)65)64(49-32-28-44(29-33-49)48-21-15-20-47(40-48)43-16-5-3-6-17-43)50-34-30-46(31-35-50)54-23-10-9-22-53(54)45-18-7-4-8-19-45/h3-42H,1-2H3. The summed E-state index contributed by atoms with van der Waals surface area (Å²) in [6.07, 6.45) is 0. The second-order valence-electron chi connectivity index (χ2n) is 17.7. The van der Waals surface area contributed by atoms with Gasteiger partial charge in [-0.2, -0.15) is 0 Å². The Kier molecular flexibility index (Phi) is 9.21. The molecule has 0 saturated carbocycles. The minimum absolute atomic E-state index is 0.236. The zero-order valence-electron chi connectivity index (χ0n) is 36.5. The molecule has 0 bridgehead atoms. The molecule has 1 aliphatic rings. The van der Waals surface area contributed by atoms with Crippen molar-refractivity contribution in [2.75, 3.05) is 4.90 Å². The van der Waals surface area contributed by atoms with Gasteiger partial charge in [0.25, 0.3) is 0 Å². The van der Waals surface area contributed by atoms with Crippen molar-refractivity contribution in [3.63, 3.8) is 0 Å². The molecule has 0 aliphatic heterocycles. The molecule has 65 heavy (non-hydrogen) atoms. The summed E-state index contributed by atoms with van der Waals surface area (Å²) in [5, 5.41) is 2.55. The molecule has 1 aliphatic carbocycles. The average molecular weight is 831 g/mol. The number of fused-ring (bicyclic) bond motifs is 6. The van der Waals surface area contributed by atoms with E-state index in [-0.39, 0.29) is 5.41 Å². The van der Waals surface area contributed by atoms with E-state index < -0.39 is 0 Å². The third kappa shape index (κ3) is 6.57. The number of hydrogen-bond acceptors (Lipinski definition) is 1. The van der Waals surface area contributed by atoms with Gasteiger partial charge in [0.05, 0.1) is 11.0 Å². The van der Waals surface area contributed by atoms with E-state index in [4.69, 9.17) is 0 Å². The van der Waals surface area contributed by atoms with Gasteiger partial charge < -0.3 is 9.47 Å². The Morgan fingerprint density at radius 3 is 1.34 bits per heavy atom. The quantitative estimate of drug-likeness (QED) is 0.148. The number of hydrogen-bond donors (Lipinski definition) is 0. The van der Waals surface area contributed by atoms with Crippen LogP contribution in [0.1, 0.15) is 25.0 Å². The highest BCUT2D eigenvalue weighted by atomic mass is 15.1. The second-order valence-corrected chi connectivity index (χ2v) is 17.7. The maximum Gasteiger partial charge on any atom is 0.0541 e. The molecule has 0 atom stereocenters. The van der Waals surface area contributed by atoms with Crippen LogP contribution in [0.5, 0.6) is 0 Å². The summed E-state index contributed by atoms with van der Waals surface area (Å²) in [5.74, 6) is 0. The molecule has 0 amide bonds. The van der Waals surface area contributed by atoms with Crippen molar-refractivity contribution in [1.82, 2.24) is 4.57 Å². The van der Waals surface area contributed by atoms with Crippen molar-refractivity contribution in [2.24, 2.45) is 0 Å². The Labute approximate surface area is 381 Å². The molecule has 10 aromatic carbocycles. The van der Waals surface area contributed by atoms with Gasteiger partial charge in [0, 0.05) is 38.9 Å². The van der Waals surface area contributed by atoms with Crippen molar-refractivity contribution < 1.29 is 0 Å². The zero-order chi connectivity index (χ0) is 43.5. The van der Waals surface area contributed by atoms with Crippen LogP contribution in [0.3, 0.4) is 0 Å². The molecule has 0 N–H and O–H groups in total. The fourth-order valence-electron chi connectivity index (χ4n) is 10.3. The zero-order valence-corrected chi connectivity index (χ0v) is 36.5. The lowest BCUT2D eigenvalue weighted by Crippen LogP contribution is -2.17. The van der Waals surface area contributed by atoms with Crippen molar-refractivity contribution in [1.29, 1.82) is 0 Å². The van der Waals surface area contributed by atoms with Crippen LogP contribution in [0.15, 0.2) is 243 Å². The molecule has 12 rings (SSSR count). The van der Waals surface area contributed by atoms with Gasteiger partial charge in [-0.15, -0.1) is 0 Å². The first-order valence-electron chi connectivity index (χ1n) is 22.6. The second kappa shape index (κ2) is 15.6. The molecular weight excluding hydrogens is 785 g/mol. The molecule has 0 spiro atoms. The number of nitrogens with zero attached hydrogens (tertiary/aromatic N) is 2. The fourth-order valence-corrected chi connectivity index (χ4v) is 10.3. The summed E-state index contributed by atoms with van der Waals surface area (Å²) in [7, 11) is 0. The third-order valence-corrected chi connectivity index (χ3v) is 13.6. The van der Waals surface area contributed by atoms with Crippen LogP contribution in [-0.2, 0) is 5.41 Å². The lowest BCUT2D eigenvalue weighted by atomic mass is 9.82. The Morgan fingerprint density at radius 1 is 0.308 bits per heavy atom. The van der Waals surface area contributed by atoms with Crippen LogP contribution < -0.4 is 4.90 Å². The molecule has 0 unspecified atom stereocenters. The van der Waals surface area contributed by atoms with Gasteiger partial charge in [-0.25, -0.2) is 0 Å². The van der Waals surface area contributed by atoms with E-state index in [9.17, 15) is 0 Å². The van der Waals surface area contributed by atoms with Crippen LogP contribution in [0.4, 0.5) is 17.1 Å². The fraction of sp³-hybridized carbons (Fsp3) is 0.0476. The molecule has 11 aromatic rings. The third-order valence-electron chi connectivity index (χ3n) is 13.6. The normalized spacial score (nSPS) is 12.6. The molecule has 1 aromatic heterocycles. The van der Waals surface area contributed by atoms with E-state index >= 15 is 0 Å². The van der Waals surface area contributed by atoms with Gasteiger partial charge >= 0.3 is 0 Å². The lowest BCUT2D eigenvalue weighted by molar-refractivity contribution is 0.660.